The van der Waals surface area contributed by atoms with Crippen molar-refractivity contribution in [3.05, 3.63) is 60.2 Å². The van der Waals surface area contributed by atoms with Gasteiger partial charge in [-0.05, 0) is 36.5 Å². The van der Waals surface area contributed by atoms with Crippen LogP contribution in [-0.4, -0.2) is 23.1 Å². The van der Waals surface area contributed by atoms with Crippen LogP contribution in [0.2, 0.25) is 0 Å². The third kappa shape index (κ3) is 2.94. The Morgan fingerprint density at radius 3 is 2.13 bits per heavy atom. The predicted octanol–water partition coefficient (Wildman–Crippen LogP) is 3.51. The fraction of sp³-hybridized carbons (Fsp3) is 0.263. The summed E-state index contributed by atoms with van der Waals surface area (Å²) in [7, 11) is 2.75. The topological polar surface area (TPSA) is 29.0 Å². The summed E-state index contributed by atoms with van der Waals surface area (Å²) >= 11 is 0. The number of anilines is 1. The maximum atomic E-state index is 4.84. The summed E-state index contributed by atoms with van der Waals surface area (Å²) in [6, 6.07) is 18.9. The van der Waals surface area contributed by atoms with E-state index < -0.39 is 0 Å². The van der Waals surface area contributed by atoms with Crippen molar-refractivity contribution in [3.8, 4) is 0 Å². The molecule has 0 spiro atoms. The molecule has 2 aromatic carbocycles. The van der Waals surface area contributed by atoms with Crippen molar-refractivity contribution in [2.24, 2.45) is 0 Å². The molecule has 3 nitrogen and oxygen atoms in total. The highest BCUT2D eigenvalue weighted by Gasteiger charge is 2.23. The Hall–Kier alpha value is -1.99. The highest BCUT2D eigenvalue weighted by molar-refractivity contribution is 7.27. The second-order valence-electron chi connectivity index (χ2n) is 6.09. The SMILES string of the molecule is Pc1nc2ccccc2nc1N1CCC(c2ccccc2)CC1. The molecule has 1 fully saturated rings. The van der Waals surface area contributed by atoms with E-state index in [4.69, 9.17) is 4.98 Å². The zero-order valence-electron chi connectivity index (χ0n) is 13.0. The van der Waals surface area contributed by atoms with E-state index in [9.17, 15) is 0 Å². The van der Waals surface area contributed by atoms with Crippen molar-refractivity contribution in [2.75, 3.05) is 18.0 Å². The van der Waals surface area contributed by atoms with Crippen molar-refractivity contribution in [1.82, 2.24) is 9.97 Å². The molecule has 4 heteroatoms. The van der Waals surface area contributed by atoms with E-state index in [1.807, 2.05) is 24.3 Å². The molecule has 1 aliphatic heterocycles. The molecule has 0 saturated carbocycles. The molecular weight excluding hydrogens is 301 g/mol. The summed E-state index contributed by atoms with van der Waals surface area (Å²) in [6.07, 6.45) is 2.34. The van der Waals surface area contributed by atoms with Gasteiger partial charge in [-0.1, -0.05) is 51.7 Å². The van der Waals surface area contributed by atoms with Gasteiger partial charge in [0.05, 0.1) is 16.5 Å². The molecule has 23 heavy (non-hydrogen) atoms. The summed E-state index contributed by atoms with van der Waals surface area (Å²) in [5.74, 6) is 1.68. The Kier molecular flexibility index (Phi) is 3.97. The number of hydrogen-bond donors (Lipinski definition) is 0. The van der Waals surface area contributed by atoms with Crippen LogP contribution in [0.15, 0.2) is 54.6 Å². The van der Waals surface area contributed by atoms with E-state index in [1.54, 1.807) is 0 Å². The molecule has 3 aromatic rings. The number of piperidine rings is 1. The number of aromatic nitrogens is 2. The molecule has 0 amide bonds. The van der Waals surface area contributed by atoms with Gasteiger partial charge < -0.3 is 4.90 Å². The van der Waals surface area contributed by atoms with Crippen LogP contribution in [0.3, 0.4) is 0 Å². The summed E-state index contributed by atoms with van der Waals surface area (Å²) < 4.78 is 0. The minimum Gasteiger partial charge on any atom is -0.355 e. The summed E-state index contributed by atoms with van der Waals surface area (Å²) in [5.41, 5.74) is 4.34. The number of nitrogens with zero attached hydrogens (tertiary/aromatic N) is 3. The number of hydrogen-bond acceptors (Lipinski definition) is 3. The fourth-order valence-electron chi connectivity index (χ4n) is 3.39. The van der Waals surface area contributed by atoms with E-state index in [0.717, 1.165) is 35.4 Å². The fourth-order valence-corrected chi connectivity index (χ4v) is 3.77. The lowest BCUT2D eigenvalue weighted by Crippen LogP contribution is -2.36. The first kappa shape index (κ1) is 14.6. The van der Waals surface area contributed by atoms with Gasteiger partial charge in [0.25, 0.3) is 0 Å². The lowest BCUT2D eigenvalue weighted by atomic mass is 9.89. The van der Waals surface area contributed by atoms with Gasteiger partial charge in [-0.15, -0.1) is 0 Å². The van der Waals surface area contributed by atoms with Crippen LogP contribution >= 0.6 is 9.24 Å². The standard InChI is InChI=1S/C19H20N3P/c23-19-18(20-16-8-4-5-9-17(16)21-19)22-12-10-15(11-13-22)14-6-2-1-3-7-14/h1-9,15H,10-13,23H2. The van der Waals surface area contributed by atoms with Crippen LogP contribution in [0, 0.1) is 0 Å². The molecule has 1 saturated heterocycles. The second-order valence-corrected chi connectivity index (χ2v) is 6.64. The molecule has 0 N–H and O–H groups in total. The molecule has 116 valence electrons. The van der Waals surface area contributed by atoms with E-state index in [0.29, 0.717) is 5.92 Å². The number of fused-ring (bicyclic) bond motifs is 1. The van der Waals surface area contributed by atoms with Crippen LogP contribution in [0.5, 0.6) is 0 Å². The predicted molar refractivity (Wildman–Crippen MR) is 99.5 cm³/mol. The van der Waals surface area contributed by atoms with Crippen molar-refractivity contribution >= 4 is 31.5 Å². The van der Waals surface area contributed by atoms with Gasteiger partial charge in [-0.25, -0.2) is 9.97 Å². The quantitative estimate of drug-likeness (QED) is 0.676. The van der Waals surface area contributed by atoms with Crippen molar-refractivity contribution in [2.45, 2.75) is 18.8 Å². The van der Waals surface area contributed by atoms with Gasteiger partial charge in [-0.3, -0.25) is 0 Å². The van der Waals surface area contributed by atoms with E-state index in [2.05, 4.69) is 49.5 Å². The average Bonchev–Trinajstić information content (AvgIpc) is 2.62. The minimum absolute atomic E-state index is 0.661. The smallest absolute Gasteiger partial charge is 0.155 e. The van der Waals surface area contributed by atoms with Gasteiger partial charge >= 0.3 is 0 Å². The third-order valence-corrected chi connectivity index (χ3v) is 5.03. The van der Waals surface area contributed by atoms with Gasteiger partial charge in [0.15, 0.2) is 5.82 Å². The van der Waals surface area contributed by atoms with E-state index in [-0.39, 0.29) is 0 Å². The number of rotatable bonds is 2. The average molecular weight is 321 g/mol. The molecule has 4 rings (SSSR count). The van der Waals surface area contributed by atoms with Gasteiger partial charge in [0.2, 0.25) is 0 Å². The molecule has 1 aliphatic rings. The summed E-state index contributed by atoms with van der Waals surface area (Å²) in [4.78, 5) is 11.9. The number of para-hydroxylation sites is 2. The monoisotopic (exact) mass is 321 g/mol. The van der Waals surface area contributed by atoms with Crippen LogP contribution in [0.4, 0.5) is 5.82 Å². The Bertz CT molecular complexity index is 811. The molecule has 0 radical (unpaired) electrons. The molecule has 0 aliphatic carbocycles. The molecule has 1 atom stereocenters. The summed E-state index contributed by atoms with van der Waals surface area (Å²) in [5, 5.41) is 0. The maximum Gasteiger partial charge on any atom is 0.155 e. The van der Waals surface area contributed by atoms with Gasteiger partial charge in [0, 0.05) is 13.1 Å². The minimum atomic E-state index is 0.661. The Morgan fingerprint density at radius 2 is 1.43 bits per heavy atom. The van der Waals surface area contributed by atoms with Gasteiger partial charge in [0.1, 0.15) is 0 Å². The van der Waals surface area contributed by atoms with Crippen molar-refractivity contribution in [3.63, 3.8) is 0 Å². The first-order valence-electron chi connectivity index (χ1n) is 8.13. The molecule has 1 aromatic heterocycles. The van der Waals surface area contributed by atoms with Crippen LogP contribution < -0.4 is 10.3 Å². The Balaban J connectivity index is 1.55. The van der Waals surface area contributed by atoms with Crippen molar-refractivity contribution in [1.29, 1.82) is 0 Å². The molecule has 2 heterocycles. The van der Waals surface area contributed by atoms with E-state index >= 15 is 0 Å². The molecule has 1 unspecified atom stereocenters. The van der Waals surface area contributed by atoms with Gasteiger partial charge in [-0.2, -0.15) is 0 Å². The first-order chi connectivity index (χ1) is 11.3. The highest BCUT2D eigenvalue weighted by atomic mass is 31.0. The zero-order valence-corrected chi connectivity index (χ0v) is 14.2. The molecule has 0 bridgehead atoms. The summed E-state index contributed by atoms with van der Waals surface area (Å²) in [6.45, 7) is 2.07. The second kappa shape index (κ2) is 6.25. The van der Waals surface area contributed by atoms with Crippen molar-refractivity contribution < 1.29 is 0 Å². The van der Waals surface area contributed by atoms with E-state index in [1.165, 1.54) is 18.4 Å². The lowest BCUT2D eigenvalue weighted by molar-refractivity contribution is 0.503. The number of benzene rings is 2. The normalized spacial score (nSPS) is 16.0. The maximum absolute atomic E-state index is 4.84. The highest BCUT2D eigenvalue weighted by Crippen LogP contribution is 2.29. The van der Waals surface area contributed by atoms with Crippen LogP contribution in [-0.2, 0) is 0 Å². The Labute approximate surface area is 139 Å². The van der Waals surface area contributed by atoms with Crippen LogP contribution in [0.1, 0.15) is 24.3 Å². The third-order valence-electron chi connectivity index (χ3n) is 4.64. The zero-order chi connectivity index (χ0) is 15.6. The largest absolute Gasteiger partial charge is 0.355 e. The Morgan fingerprint density at radius 1 is 0.826 bits per heavy atom. The molecular formula is C19H20N3P. The lowest BCUT2D eigenvalue weighted by Gasteiger charge is -2.33. The van der Waals surface area contributed by atoms with Crippen LogP contribution in [0.25, 0.3) is 11.0 Å². The first-order valence-corrected chi connectivity index (χ1v) is 8.71.